The highest BCUT2D eigenvalue weighted by Gasteiger charge is 2.06. The predicted octanol–water partition coefficient (Wildman–Crippen LogP) is 2.71. The van der Waals surface area contributed by atoms with Crippen LogP contribution in [0.5, 0.6) is 0 Å². The van der Waals surface area contributed by atoms with Crippen LogP contribution >= 0.6 is 0 Å². The van der Waals surface area contributed by atoms with Gasteiger partial charge >= 0.3 is 0 Å². The highest BCUT2D eigenvalue weighted by molar-refractivity contribution is 5.18. The third kappa shape index (κ3) is 3.61. The van der Waals surface area contributed by atoms with Gasteiger partial charge in [0, 0.05) is 25.0 Å². The number of hydrogen-bond donors (Lipinski definition) is 1. The molecular weight excluding hydrogens is 248 g/mol. The van der Waals surface area contributed by atoms with Crippen molar-refractivity contribution < 1.29 is 8.78 Å². The fourth-order valence-electron chi connectivity index (χ4n) is 1.78. The summed E-state index contributed by atoms with van der Waals surface area (Å²) in [5.74, 6) is -0.769. The molecule has 19 heavy (non-hydrogen) atoms. The van der Waals surface area contributed by atoms with Crippen LogP contribution in [0.3, 0.4) is 0 Å². The molecule has 0 unspecified atom stereocenters. The Morgan fingerprint density at radius 2 is 2.05 bits per heavy atom. The molecule has 102 valence electrons. The Labute approximate surface area is 111 Å². The van der Waals surface area contributed by atoms with Gasteiger partial charge in [0.1, 0.15) is 5.82 Å². The second kappa shape index (κ2) is 5.93. The highest BCUT2D eigenvalue weighted by atomic mass is 19.2. The van der Waals surface area contributed by atoms with Crippen molar-refractivity contribution in [1.29, 1.82) is 0 Å². The van der Waals surface area contributed by atoms with E-state index >= 15 is 0 Å². The molecule has 0 spiro atoms. The molecule has 2 aromatic rings. The van der Waals surface area contributed by atoms with Gasteiger partial charge in [0.2, 0.25) is 0 Å². The fourth-order valence-corrected chi connectivity index (χ4v) is 1.78. The van der Waals surface area contributed by atoms with Crippen LogP contribution in [0.1, 0.15) is 25.2 Å². The summed E-state index contributed by atoms with van der Waals surface area (Å²) in [6.45, 7) is 5.24. The molecule has 0 aliphatic rings. The van der Waals surface area contributed by atoms with Gasteiger partial charge in [-0.3, -0.25) is 0 Å². The van der Waals surface area contributed by atoms with Crippen LogP contribution < -0.4 is 5.32 Å². The summed E-state index contributed by atoms with van der Waals surface area (Å²) in [6.07, 6.45) is 3.54. The molecule has 1 aromatic carbocycles. The van der Waals surface area contributed by atoms with E-state index in [-0.39, 0.29) is 0 Å². The zero-order valence-corrected chi connectivity index (χ0v) is 11.0. The number of rotatable bonds is 5. The zero-order chi connectivity index (χ0) is 13.8. The third-order valence-electron chi connectivity index (χ3n) is 2.81. The van der Waals surface area contributed by atoms with Gasteiger partial charge < -0.3 is 9.88 Å². The van der Waals surface area contributed by atoms with Crippen molar-refractivity contribution in [2.75, 3.05) is 0 Å². The normalized spacial score (nSPS) is 11.2. The van der Waals surface area contributed by atoms with Crippen molar-refractivity contribution in [2.45, 2.75) is 33.0 Å². The largest absolute Gasteiger partial charge is 0.329 e. The van der Waals surface area contributed by atoms with E-state index in [2.05, 4.69) is 24.1 Å². The van der Waals surface area contributed by atoms with E-state index in [0.717, 1.165) is 11.9 Å². The summed E-state index contributed by atoms with van der Waals surface area (Å²) in [5.41, 5.74) is 0.711. The number of nitrogens with zero attached hydrogens (tertiary/aromatic N) is 2. The number of benzene rings is 1. The van der Waals surface area contributed by atoms with E-state index < -0.39 is 11.6 Å². The Morgan fingerprint density at radius 3 is 2.74 bits per heavy atom. The quantitative estimate of drug-likeness (QED) is 0.900. The van der Waals surface area contributed by atoms with Gasteiger partial charge in [-0.1, -0.05) is 19.9 Å². The molecule has 0 saturated carbocycles. The van der Waals surface area contributed by atoms with E-state index in [4.69, 9.17) is 0 Å². The topological polar surface area (TPSA) is 29.9 Å². The Morgan fingerprint density at radius 1 is 1.26 bits per heavy atom. The molecule has 1 heterocycles. The summed E-state index contributed by atoms with van der Waals surface area (Å²) in [4.78, 5) is 4.26. The van der Waals surface area contributed by atoms with Crippen LogP contribution in [0.15, 0.2) is 30.6 Å². The molecule has 0 fully saturated rings. The monoisotopic (exact) mass is 265 g/mol. The smallest absolute Gasteiger partial charge is 0.159 e. The minimum absolute atomic E-state index is 0.369. The molecule has 0 saturated heterocycles. The molecule has 0 atom stereocenters. The number of imidazole rings is 1. The lowest BCUT2D eigenvalue weighted by Crippen LogP contribution is -2.24. The third-order valence-corrected chi connectivity index (χ3v) is 2.81. The van der Waals surface area contributed by atoms with Gasteiger partial charge in [-0.15, -0.1) is 0 Å². The molecular formula is C14H17F2N3. The van der Waals surface area contributed by atoms with Gasteiger partial charge in [0.15, 0.2) is 11.6 Å². The molecule has 0 aliphatic heterocycles. The zero-order valence-electron chi connectivity index (χ0n) is 11.0. The molecule has 0 radical (unpaired) electrons. The van der Waals surface area contributed by atoms with Crippen LogP contribution in [0.2, 0.25) is 0 Å². The van der Waals surface area contributed by atoms with Crippen LogP contribution in [0, 0.1) is 11.6 Å². The lowest BCUT2D eigenvalue weighted by molar-refractivity contribution is 0.505. The average Bonchev–Trinajstić information content (AvgIpc) is 2.79. The van der Waals surface area contributed by atoms with Crippen molar-refractivity contribution in [2.24, 2.45) is 0 Å². The highest BCUT2D eigenvalue weighted by Crippen LogP contribution is 2.11. The van der Waals surface area contributed by atoms with Gasteiger partial charge in [-0.2, -0.15) is 0 Å². The molecule has 3 nitrogen and oxygen atoms in total. The molecule has 0 amide bonds. The van der Waals surface area contributed by atoms with Crippen molar-refractivity contribution >= 4 is 0 Å². The second-order valence-corrected chi connectivity index (χ2v) is 4.76. The summed E-state index contributed by atoms with van der Waals surface area (Å²) in [6, 6.07) is 4.31. The summed E-state index contributed by atoms with van der Waals surface area (Å²) in [7, 11) is 0. The molecule has 1 N–H and O–H groups in total. The average molecular weight is 265 g/mol. The summed E-state index contributed by atoms with van der Waals surface area (Å²) < 4.78 is 27.9. The van der Waals surface area contributed by atoms with Crippen molar-refractivity contribution in [3.63, 3.8) is 0 Å². The van der Waals surface area contributed by atoms with Gasteiger partial charge in [0.05, 0.1) is 6.54 Å². The Hall–Kier alpha value is -1.75. The van der Waals surface area contributed by atoms with Gasteiger partial charge in [-0.25, -0.2) is 13.8 Å². The molecule has 0 bridgehead atoms. The van der Waals surface area contributed by atoms with Crippen LogP contribution in [-0.2, 0) is 13.1 Å². The minimum Gasteiger partial charge on any atom is -0.329 e. The van der Waals surface area contributed by atoms with Gasteiger partial charge in [0.25, 0.3) is 0 Å². The first-order valence-corrected chi connectivity index (χ1v) is 6.23. The number of hydrogen-bond acceptors (Lipinski definition) is 2. The molecule has 5 heteroatoms. The lowest BCUT2D eigenvalue weighted by atomic mass is 10.2. The van der Waals surface area contributed by atoms with E-state index in [9.17, 15) is 8.78 Å². The van der Waals surface area contributed by atoms with Gasteiger partial charge in [-0.05, 0) is 17.7 Å². The Bertz CT molecular complexity index is 549. The van der Waals surface area contributed by atoms with Crippen molar-refractivity contribution in [3.8, 4) is 0 Å². The molecule has 0 aliphatic carbocycles. The van der Waals surface area contributed by atoms with Crippen LogP contribution in [-0.4, -0.2) is 15.6 Å². The number of aromatic nitrogens is 2. The Kier molecular flexibility index (Phi) is 4.27. The lowest BCUT2D eigenvalue weighted by Gasteiger charge is -2.11. The number of nitrogens with one attached hydrogen (secondary N) is 1. The summed E-state index contributed by atoms with van der Waals surface area (Å²) in [5, 5.41) is 3.28. The maximum absolute atomic E-state index is 13.2. The van der Waals surface area contributed by atoms with E-state index in [1.807, 2.05) is 10.8 Å². The summed E-state index contributed by atoms with van der Waals surface area (Å²) >= 11 is 0. The van der Waals surface area contributed by atoms with E-state index in [1.54, 1.807) is 12.3 Å². The number of halogens is 2. The first-order valence-electron chi connectivity index (χ1n) is 6.23. The molecule has 2 rings (SSSR count). The molecule has 1 aromatic heterocycles. The fraction of sp³-hybridized carbons (Fsp3) is 0.357. The standard InChI is InChI=1S/C14H17F2N3/c1-10(2)18-8-14-17-5-6-19(14)9-11-3-4-12(15)13(16)7-11/h3-7,10,18H,8-9H2,1-2H3. The first kappa shape index (κ1) is 13.7. The van der Waals surface area contributed by atoms with Crippen molar-refractivity contribution in [3.05, 3.63) is 53.6 Å². The SMILES string of the molecule is CC(C)NCc1nccn1Cc1ccc(F)c(F)c1. The minimum atomic E-state index is -0.823. The second-order valence-electron chi connectivity index (χ2n) is 4.76. The van der Waals surface area contributed by atoms with E-state index in [1.165, 1.54) is 6.07 Å². The maximum Gasteiger partial charge on any atom is 0.159 e. The Balaban J connectivity index is 2.10. The predicted molar refractivity (Wildman–Crippen MR) is 69.7 cm³/mol. The van der Waals surface area contributed by atoms with Crippen molar-refractivity contribution in [1.82, 2.24) is 14.9 Å². The first-order chi connectivity index (χ1) is 9.06. The van der Waals surface area contributed by atoms with Crippen LogP contribution in [0.25, 0.3) is 0 Å². The van der Waals surface area contributed by atoms with E-state index in [0.29, 0.717) is 24.7 Å². The maximum atomic E-state index is 13.2. The van der Waals surface area contributed by atoms with Crippen LogP contribution in [0.4, 0.5) is 8.78 Å².